The molecule has 32 heteroatoms. The van der Waals surface area contributed by atoms with Gasteiger partial charge in [0.15, 0.2) is 33.2 Å². The van der Waals surface area contributed by atoms with Crippen molar-refractivity contribution in [3.8, 4) is 47.4 Å². The number of carbonyl (C=O) groups is 6. The fourth-order valence-corrected chi connectivity index (χ4v) is 24.5. The third-order valence-corrected chi connectivity index (χ3v) is 32.7. The lowest BCUT2D eigenvalue weighted by Crippen LogP contribution is -2.56. The molecule has 4 atom stereocenters. The Hall–Kier alpha value is -12.4. The first-order valence-corrected chi connectivity index (χ1v) is 50.7. The van der Waals surface area contributed by atoms with Crippen LogP contribution in [0.15, 0.2) is 153 Å². The fourth-order valence-electron chi connectivity index (χ4n) is 24.1. The number of methoxy groups -OCH3 is 4. The molecular weight excluding hydrogens is 1840 g/mol. The van der Waals surface area contributed by atoms with Gasteiger partial charge in [-0.2, -0.15) is 0 Å². The number of thiocarbonyl (C=S) groups is 1. The van der Waals surface area contributed by atoms with Gasteiger partial charge in [0.1, 0.15) is 25.3 Å². The molecule has 11 fully saturated rings. The van der Waals surface area contributed by atoms with E-state index in [1.165, 1.54) is 92.7 Å². The van der Waals surface area contributed by atoms with E-state index in [1.54, 1.807) is 94.7 Å². The van der Waals surface area contributed by atoms with Gasteiger partial charge in [-0.3, -0.25) is 39.2 Å². The average Bonchev–Trinajstić information content (AvgIpc) is 1.57. The third-order valence-electron chi connectivity index (χ3n) is 32.0. The van der Waals surface area contributed by atoms with Gasteiger partial charge < -0.3 is 50.9 Å². The van der Waals surface area contributed by atoms with Gasteiger partial charge in [0, 0.05) is 174 Å². The molecule has 8 spiro atoms. The number of nitrogens with zero attached hydrogens (tertiary/aromatic N) is 12. The molecule has 10 N–H and O–H groups in total. The summed E-state index contributed by atoms with van der Waals surface area (Å²) < 4.78 is 22.5. The molecule has 4 aromatic carbocycles. The number of amides is 8. The number of halogens is 1. The van der Waals surface area contributed by atoms with E-state index >= 15 is 0 Å². The van der Waals surface area contributed by atoms with Crippen LogP contribution < -0.4 is 32.9 Å². The van der Waals surface area contributed by atoms with E-state index in [1.807, 2.05) is 6.07 Å². The Labute approximate surface area is 846 Å². The molecule has 3 saturated heterocycles. The molecule has 8 aromatic rings. The van der Waals surface area contributed by atoms with Crippen molar-refractivity contribution >= 4 is 70.6 Å². The van der Waals surface area contributed by atoms with Crippen molar-refractivity contribution in [1.82, 2.24) is 75.8 Å². The second kappa shape index (κ2) is 43.3. The van der Waals surface area contributed by atoms with Crippen LogP contribution in [0.4, 0.5) is 9.59 Å². The number of rotatable bonds is 11. The van der Waals surface area contributed by atoms with Crippen LogP contribution in [0.5, 0.6) is 0 Å². The highest BCUT2D eigenvalue weighted by molar-refractivity contribution is 7.80. The van der Waals surface area contributed by atoms with Crippen molar-refractivity contribution in [3.63, 3.8) is 0 Å². The smallest absolute Gasteiger partial charge is 0.325 e. The quantitative estimate of drug-likeness (QED) is 0.0196. The van der Waals surface area contributed by atoms with Crippen molar-refractivity contribution in [2.75, 3.05) is 35.0 Å². The number of carbonyl (C=O) groups excluding carboxylic acids is 6. The Balaban J connectivity index is 0.000000126. The maximum Gasteiger partial charge on any atom is 0.325 e. The van der Waals surface area contributed by atoms with Gasteiger partial charge in [-0.05, 0) is 292 Å². The van der Waals surface area contributed by atoms with Crippen LogP contribution in [0.2, 0.25) is 0 Å². The topological polar surface area (TPSA) is 405 Å². The van der Waals surface area contributed by atoms with Crippen molar-refractivity contribution < 1.29 is 58.0 Å². The molecule has 8 heterocycles. The van der Waals surface area contributed by atoms with Crippen LogP contribution in [-0.4, -0.2) is 171 Å². The fraction of sp³-hybridized carbons (Fsp3) is 0.495. The van der Waals surface area contributed by atoms with Crippen molar-refractivity contribution in [2.45, 2.75) is 266 Å². The molecule has 30 nitrogen and oxygen atoms in total. The zero-order valence-corrected chi connectivity index (χ0v) is 82.7. The second-order valence-corrected chi connectivity index (χ2v) is 41.2. The molecule has 0 radical (unpaired) electrons. The van der Waals surface area contributed by atoms with Crippen LogP contribution in [0, 0.1) is 92.7 Å². The van der Waals surface area contributed by atoms with Gasteiger partial charge in [-0.25, -0.2) is 60.4 Å². The molecule has 746 valence electrons. The van der Waals surface area contributed by atoms with Crippen LogP contribution in [-0.2, 0) is 111 Å². The molecule has 4 aromatic heterocycles. The van der Waals surface area contributed by atoms with Gasteiger partial charge in [-0.15, -0.1) is 11.6 Å². The Morgan fingerprint density at radius 1 is 0.413 bits per heavy atom. The number of aliphatic hydroxyl groups is 1. The zero-order valence-electron chi connectivity index (χ0n) is 81.1. The number of aliphatic imine (C=N–C) groups is 1. The zero-order chi connectivity index (χ0) is 99.2. The van der Waals surface area contributed by atoms with E-state index in [0.717, 1.165) is 206 Å². The monoisotopic (exact) mass is 1970 g/mol. The van der Waals surface area contributed by atoms with E-state index in [0.29, 0.717) is 47.8 Å². The third kappa shape index (κ3) is 19.9. The summed E-state index contributed by atoms with van der Waals surface area (Å²) in [6.07, 6.45) is 47.2. The number of benzene rings is 4. The number of guanidine groups is 1. The number of hydrogen-bond donors (Lipinski definition) is 8. The predicted molar refractivity (Wildman–Crippen MR) is 540 cm³/mol. The maximum absolute atomic E-state index is 14.4. The number of nitrogens with one attached hydrogen (secondary N) is 4. The first kappa shape index (κ1) is 102. The summed E-state index contributed by atoms with van der Waals surface area (Å²) in [6, 6.07) is 24.4. The number of urea groups is 2. The number of aliphatic hydroxyl groups excluding tert-OH is 1. The van der Waals surface area contributed by atoms with E-state index in [-0.39, 0.29) is 102 Å². The molecule has 0 bridgehead atoms. The first-order valence-electron chi connectivity index (χ1n) is 49.7. The largest absolute Gasteiger partial charge is 0.397 e. The van der Waals surface area contributed by atoms with Crippen molar-refractivity contribution in [2.24, 2.45) is 62.0 Å². The SMILES string of the molecule is C.CCO.COC1CCC2(CC1)Cc1ccc(C#CC3CC3)cc1C21N=C(N)N(Cc2cncnc2)C1=O.COC1CCC2(CC1)Cc1ccc(C#CC3CC3)cc1C21NC(=O)N(Cc2cncnc2)C1=O.COC1CCC2(CC1)Cc1ccc(C#CC3CC3)cc1C21NC(=O)NC1=O.COC1CCC2(CC1)Cc1ccc(C#CC3CC3)cc1C21NC(=S)N(Cc2cncnc2)C1=O.ClCc1cncnc1.NO. The van der Waals surface area contributed by atoms with E-state index in [4.69, 9.17) is 63.8 Å². The summed E-state index contributed by atoms with van der Waals surface area (Å²) in [5, 5.41) is 26.9. The Morgan fingerprint density at radius 2 is 0.713 bits per heavy atom. The highest BCUT2D eigenvalue weighted by atomic mass is 35.5. The lowest BCUT2D eigenvalue weighted by Gasteiger charge is -2.46. The molecule has 4 aliphatic heterocycles. The highest BCUT2D eigenvalue weighted by Gasteiger charge is 2.72. The number of alkyl halides is 1. The summed E-state index contributed by atoms with van der Waals surface area (Å²) in [7, 11) is 7.05. The van der Waals surface area contributed by atoms with Crippen LogP contribution in [0.3, 0.4) is 0 Å². The number of ether oxygens (including phenoxy) is 4. The molecule has 8 saturated carbocycles. The molecule has 143 heavy (non-hydrogen) atoms. The van der Waals surface area contributed by atoms with Crippen molar-refractivity contribution in [3.05, 3.63) is 237 Å². The van der Waals surface area contributed by atoms with Gasteiger partial charge in [0.25, 0.3) is 23.6 Å². The first-order chi connectivity index (χ1) is 69.0. The standard InChI is InChI=1S/C27H29N5O2.C27H28N4O3.C27H28N4O2S.C22H24N2O3.C5H5ClN2.C2H6O.CH4.H3NO/c1-34-22-8-10-26(11-9-22)13-21-7-6-19(5-4-18-2-3-18)12-23(21)27(26)24(33)32(25(28)31-27)16-20-14-29-17-30-15-20;1-34-22-8-10-26(11-9-22)13-21-7-6-19(5-4-18-2-3-18)12-23(21)27(26)24(32)31(25(33)30-27)16-20-14-28-17-29-15-20;1-33-22-8-10-26(11-9-22)13-21-7-6-19(5-4-18-2-3-18)12-23(21)27(26)24(32)31(25(34)30-27)16-20-14-28-17-29-15-20;1-27-17-8-10-21(11-9-17)13-16-7-6-15(5-4-14-2-3-14)12-18(16)22(21)19(25)23-20(26)24-22;6-1-5-2-7-4-8-3-5;1-2-3;;1-2/h6-7,12,14-15,17-18,22H,2-3,8-11,13,16H2,1H3,(H2,28,31);6-7,12,14-15,17-18,22H,2-3,8-11,13,16H2,1H3,(H,30,33);6-7,12,14-15,17-18,22H,2-3,8-11,13,16H2,1H3,(H,30,34);6-7,12,14,17H,2-3,8-11,13H2,1H3,(H2,23,24,25,26);2-4H,1H2;3H,2H2,1H3;1H4;2H,1H2. The molecule has 24 rings (SSSR count). The van der Waals surface area contributed by atoms with Crippen LogP contribution in [0.1, 0.15) is 257 Å². The number of hydrogen-bond acceptors (Lipinski definition) is 24. The minimum Gasteiger partial charge on any atom is -0.397 e. The average molecular weight is 1970 g/mol. The van der Waals surface area contributed by atoms with Gasteiger partial charge in [0.05, 0.1) is 49.9 Å². The summed E-state index contributed by atoms with van der Waals surface area (Å²) in [6.45, 7) is 2.76. The van der Waals surface area contributed by atoms with Crippen LogP contribution in [0.25, 0.3) is 0 Å². The van der Waals surface area contributed by atoms with Crippen molar-refractivity contribution in [1.29, 1.82) is 0 Å². The molecule has 8 amide bonds. The lowest BCUT2D eigenvalue weighted by atomic mass is 9.61. The van der Waals surface area contributed by atoms with Gasteiger partial charge in [-0.1, -0.05) is 79.1 Å². The normalized spacial score (nSPS) is 28.4. The van der Waals surface area contributed by atoms with E-state index in [2.05, 4.69) is 181 Å². The highest BCUT2D eigenvalue weighted by Crippen LogP contribution is 2.66. The maximum atomic E-state index is 14.4. The minimum absolute atomic E-state index is 0. The van der Waals surface area contributed by atoms with Gasteiger partial charge in [0.2, 0.25) is 0 Å². The summed E-state index contributed by atoms with van der Waals surface area (Å²) in [5.41, 5.74) is 17.0. The summed E-state index contributed by atoms with van der Waals surface area (Å²) in [4.78, 5) is 123. The van der Waals surface area contributed by atoms with E-state index < -0.39 is 28.2 Å². The Bertz CT molecular complexity index is 6130. The van der Waals surface area contributed by atoms with Crippen LogP contribution >= 0.6 is 23.8 Å². The molecule has 16 aliphatic rings. The number of fused-ring (bicyclic) bond motifs is 12. The number of aromatic nitrogens is 8. The Kier molecular flexibility index (Phi) is 30.9. The lowest BCUT2D eigenvalue weighted by molar-refractivity contribution is -0.139. The number of nitrogens with two attached hydrogens (primary N) is 2. The molecule has 12 aliphatic carbocycles. The summed E-state index contributed by atoms with van der Waals surface area (Å²) in [5.74, 6) is 32.5. The second-order valence-electron chi connectivity index (χ2n) is 40.5. The number of imide groups is 2. The molecule has 4 unspecified atom stereocenters. The van der Waals surface area contributed by atoms with E-state index in [9.17, 15) is 28.8 Å². The minimum atomic E-state index is -1.08. The Morgan fingerprint density at radius 3 is 1.05 bits per heavy atom. The molecular formula is C111H127ClN18O12S. The van der Waals surface area contributed by atoms with Gasteiger partial charge >= 0.3 is 12.1 Å². The summed E-state index contributed by atoms with van der Waals surface area (Å²) >= 11 is 11.2. The predicted octanol–water partition coefficient (Wildman–Crippen LogP) is 13.5.